The molecule has 1 fully saturated rings. The Balaban J connectivity index is 2.32. The van der Waals surface area contributed by atoms with Crippen molar-refractivity contribution in [3.8, 4) is 5.75 Å². The van der Waals surface area contributed by atoms with E-state index in [0.29, 0.717) is 0 Å². The van der Waals surface area contributed by atoms with Gasteiger partial charge < -0.3 is 15.0 Å². The Morgan fingerprint density at radius 3 is 2.89 bits per heavy atom. The van der Waals surface area contributed by atoms with Crippen LogP contribution in [0.1, 0.15) is 20.3 Å². The maximum Gasteiger partial charge on any atom is 0.246 e. The lowest BCUT2D eigenvalue weighted by Gasteiger charge is -2.29. The number of hydrogen-bond acceptors (Lipinski definition) is 3. The summed E-state index contributed by atoms with van der Waals surface area (Å²) in [5.74, 6) is 0.878. The zero-order valence-corrected chi connectivity index (χ0v) is 11.2. The van der Waals surface area contributed by atoms with Gasteiger partial charge in [-0.2, -0.15) is 0 Å². The van der Waals surface area contributed by atoms with Crippen molar-refractivity contribution in [1.82, 2.24) is 5.32 Å². The monoisotopic (exact) mass is 248 g/mol. The number of anilines is 1. The third kappa shape index (κ3) is 2.48. The fraction of sp³-hybridized carbons (Fsp3) is 0.500. The lowest BCUT2D eigenvalue weighted by molar-refractivity contribution is -0.123. The van der Waals surface area contributed by atoms with E-state index in [1.165, 1.54) is 0 Å². The van der Waals surface area contributed by atoms with E-state index in [1.54, 1.807) is 7.11 Å². The predicted molar refractivity (Wildman–Crippen MR) is 72.0 cm³/mol. The molecule has 0 aliphatic carbocycles. The molecule has 0 radical (unpaired) electrons. The summed E-state index contributed by atoms with van der Waals surface area (Å²) in [6.45, 7) is 5.45. The summed E-state index contributed by atoms with van der Waals surface area (Å²) in [6, 6.07) is 7.64. The standard InChI is InChI=1S/C14H20N2O2/c1-14(2)13(17)16(9-5-8-15-14)11-6-4-7-12(10-11)18-3/h4,6-7,10,15H,5,8-9H2,1-3H3. The van der Waals surface area contributed by atoms with Crippen LogP contribution in [0.15, 0.2) is 24.3 Å². The van der Waals surface area contributed by atoms with E-state index < -0.39 is 5.54 Å². The van der Waals surface area contributed by atoms with Gasteiger partial charge in [0, 0.05) is 18.3 Å². The Bertz CT molecular complexity index is 443. The average molecular weight is 248 g/mol. The second-order valence-electron chi connectivity index (χ2n) is 5.06. The van der Waals surface area contributed by atoms with Crippen molar-refractivity contribution in [2.45, 2.75) is 25.8 Å². The van der Waals surface area contributed by atoms with E-state index in [1.807, 2.05) is 43.0 Å². The third-order valence-electron chi connectivity index (χ3n) is 3.27. The largest absolute Gasteiger partial charge is 0.497 e. The molecule has 98 valence electrons. The van der Waals surface area contributed by atoms with Crippen LogP contribution < -0.4 is 15.0 Å². The van der Waals surface area contributed by atoms with Crippen LogP contribution in [-0.4, -0.2) is 31.6 Å². The molecular weight excluding hydrogens is 228 g/mol. The van der Waals surface area contributed by atoms with Crippen LogP contribution in [0.5, 0.6) is 5.75 Å². The van der Waals surface area contributed by atoms with Crippen molar-refractivity contribution in [2.24, 2.45) is 0 Å². The topological polar surface area (TPSA) is 41.6 Å². The number of methoxy groups -OCH3 is 1. The molecule has 0 atom stereocenters. The van der Waals surface area contributed by atoms with Crippen molar-refractivity contribution in [3.05, 3.63) is 24.3 Å². The summed E-state index contributed by atoms with van der Waals surface area (Å²) in [5.41, 5.74) is 0.385. The van der Waals surface area contributed by atoms with Crippen LogP contribution in [0.25, 0.3) is 0 Å². The fourth-order valence-electron chi connectivity index (χ4n) is 2.18. The highest BCUT2D eigenvalue weighted by Crippen LogP contribution is 2.24. The highest BCUT2D eigenvalue weighted by Gasteiger charge is 2.34. The molecule has 1 aliphatic rings. The Morgan fingerprint density at radius 2 is 2.17 bits per heavy atom. The van der Waals surface area contributed by atoms with Crippen molar-refractivity contribution in [3.63, 3.8) is 0 Å². The summed E-state index contributed by atoms with van der Waals surface area (Å²) in [4.78, 5) is 14.3. The lowest BCUT2D eigenvalue weighted by atomic mass is 10.0. The molecular formula is C14H20N2O2. The van der Waals surface area contributed by atoms with Crippen LogP contribution in [0.2, 0.25) is 0 Å². The average Bonchev–Trinajstić information content (AvgIpc) is 2.50. The summed E-state index contributed by atoms with van der Waals surface area (Å²) in [7, 11) is 1.63. The lowest BCUT2D eigenvalue weighted by Crippen LogP contribution is -2.51. The zero-order valence-electron chi connectivity index (χ0n) is 11.2. The van der Waals surface area contributed by atoms with E-state index in [4.69, 9.17) is 4.74 Å². The van der Waals surface area contributed by atoms with Crippen LogP contribution in [0.4, 0.5) is 5.69 Å². The maximum absolute atomic E-state index is 12.5. The first-order chi connectivity index (χ1) is 8.54. The number of amides is 1. The highest BCUT2D eigenvalue weighted by molar-refractivity contribution is 6.00. The smallest absolute Gasteiger partial charge is 0.246 e. The molecule has 0 bridgehead atoms. The second kappa shape index (κ2) is 4.98. The molecule has 1 aromatic rings. The fourth-order valence-corrected chi connectivity index (χ4v) is 2.18. The van der Waals surface area contributed by atoms with Gasteiger partial charge in [0.05, 0.1) is 12.6 Å². The summed E-state index contributed by atoms with van der Waals surface area (Å²) >= 11 is 0. The van der Waals surface area contributed by atoms with E-state index in [2.05, 4.69) is 5.32 Å². The number of rotatable bonds is 2. The molecule has 0 saturated carbocycles. The Kier molecular flexibility index (Phi) is 3.57. The zero-order chi connectivity index (χ0) is 13.2. The molecule has 2 rings (SSSR count). The first-order valence-electron chi connectivity index (χ1n) is 6.25. The van der Waals surface area contributed by atoms with Gasteiger partial charge in [-0.05, 0) is 38.9 Å². The maximum atomic E-state index is 12.5. The number of carbonyl (C=O) groups excluding carboxylic acids is 1. The van der Waals surface area contributed by atoms with Gasteiger partial charge in [-0.25, -0.2) is 0 Å². The number of hydrogen-bond donors (Lipinski definition) is 1. The first kappa shape index (κ1) is 12.9. The van der Waals surface area contributed by atoms with Crippen LogP contribution >= 0.6 is 0 Å². The molecule has 1 aromatic carbocycles. The molecule has 0 spiro atoms. The number of benzene rings is 1. The van der Waals surface area contributed by atoms with Crippen molar-refractivity contribution >= 4 is 11.6 Å². The minimum absolute atomic E-state index is 0.105. The predicted octanol–water partition coefficient (Wildman–Crippen LogP) is 1.80. The molecule has 1 N–H and O–H groups in total. The summed E-state index contributed by atoms with van der Waals surface area (Å²) in [5, 5.41) is 3.28. The van der Waals surface area contributed by atoms with Gasteiger partial charge in [0.25, 0.3) is 0 Å². The van der Waals surface area contributed by atoms with E-state index in [9.17, 15) is 4.79 Å². The molecule has 1 saturated heterocycles. The van der Waals surface area contributed by atoms with Gasteiger partial charge >= 0.3 is 0 Å². The molecule has 4 heteroatoms. The van der Waals surface area contributed by atoms with Gasteiger partial charge in [0.1, 0.15) is 5.75 Å². The van der Waals surface area contributed by atoms with Crippen molar-refractivity contribution < 1.29 is 9.53 Å². The molecule has 0 unspecified atom stereocenters. The first-order valence-corrected chi connectivity index (χ1v) is 6.25. The number of ether oxygens (including phenoxy) is 1. The SMILES string of the molecule is COc1cccc(N2CCCNC(C)(C)C2=O)c1. The van der Waals surface area contributed by atoms with E-state index >= 15 is 0 Å². The van der Waals surface area contributed by atoms with Gasteiger partial charge in [-0.15, -0.1) is 0 Å². The Hall–Kier alpha value is -1.55. The molecule has 1 heterocycles. The molecule has 4 nitrogen and oxygen atoms in total. The van der Waals surface area contributed by atoms with E-state index in [-0.39, 0.29) is 5.91 Å². The Labute approximate surface area is 108 Å². The van der Waals surface area contributed by atoms with Crippen LogP contribution in [0.3, 0.4) is 0 Å². The summed E-state index contributed by atoms with van der Waals surface area (Å²) < 4.78 is 5.21. The second-order valence-corrected chi connectivity index (χ2v) is 5.06. The quantitative estimate of drug-likeness (QED) is 0.867. The van der Waals surface area contributed by atoms with Crippen LogP contribution in [-0.2, 0) is 4.79 Å². The number of nitrogens with zero attached hydrogens (tertiary/aromatic N) is 1. The number of carbonyl (C=O) groups is 1. The third-order valence-corrected chi connectivity index (χ3v) is 3.27. The molecule has 0 aromatic heterocycles. The molecule has 18 heavy (non-hydrogen) atoms. The minimum atomic E-state index is -0.514. The molecule has 1 aliphatic heterocycles. The van der Waals surface area contributed by atoms with Crippen molar-refractivity contribution in [2.75, 3.05) is 25.1 Å². The highest BCUT2D eigenvalue weighted by atomic mass is 16.5. The van der Waals surface area contributed by atoms with E-state index in [0.717, 1.165) is 30.9 Å². The van der Waals surface area contributed by atoms with Gasteiger partial charge in [0.2, 0.25) is 5.91 Å². The van der Waals surface area contributed by atoms with Gasteiger partial charge in [0.15, 0.2) is 0 Å². The van der Waals surface area contributed by atoms with Crippen molar-refractivity contribution in [1.29, 1.82) is 0 Å². The Morgan fingerprint density at radius 1 is 1.39 bits per heavy atom. The van der Waals surface area contributed by atoms with Gasteiger partial charge in [-0.3, -0.25) is 4.79 Å². The summed E-state index contributed by atoms with van der Waals surface area (Å²) in [6.07, 6.45) is 0.951. The number of nitrogens with one attached hydrogen (secondary N) is 1. The normalized spacial score (nSPS) is 19.5. The minimum Gasteiger partial charge on any atom is -0.497 e. The molecule has 1 amide bonds. The van der Waals surface area contributed by atoms with Gasteiger partial charge in [-0.1, -0.05) is 6.07 Å². The van der Waals surface area contributed by atoms with Crippen LogP contribution in [0, 0.1) is 0 Å².